The van der Waals surface area contributed by atoms with Gasteiger partial charge in [0.1, 0.15) is 11.6 Å². The molecule has 0 aliphatic heterocycles. The highest BCUT2D eigenvalue weighted by atomic mass is 19.4. The summed E-state index contributed by atoms with van der Waals surface area (Å²) in [5.74, 6) is -0.302. The zero-order chi connectivity index (χ0) is 23.4. The molecule has 0 atom stereocenters. The van der Waals surface area contributed by atoms with Crippen LogP contribution in [-0.2, 0) is 19.1 Å². The molecule has 170 valence electrons. The van der Waals surface area contributed by atoms with E-state index in [1.54, 1.807) is 12.1 Å². The summed E-state index contributed by atoms with van der Waals surface area (Å²) in [5.41, 5.74) is -0.503. The van der Waals surface area contributed by atoms with Crippen molar-refractivity contribution in [1.82, 2.24) is 15.0 Å². The van der Waals surface area contributed by atoms with Crippen molar-refractivity contribution in [2.24, 2.45) is 0 Å². The number of amides is 1. The number of carbonyl (C=O) groups is 1. The average molecular weight is 459 g/mol. The van der Waals surface area contributed by atoms with Crippen molar-refractivity contribution >= 4 is 5.91 Å². The van der Waals surface area contributed by atoms with Crippen molar-refractivity contribution in [2.75, 3.05) is 6.54 Å². The van der Waals surface area contributed by atoms with Crippen molar-refractivity contribution in [2.45, 2.75) is 19.1 Å². The van der Waals surface area contributed by atoms with Crippen LogP contribution in [-0.4, -0.2) is 27.5 Å². The maximum atomic E-state index is 13.6. The number of carbonyl (C=O) groups excluding carboxylic acids is 1. The van der Waals surface area contributed by atoms with Gasteiger partial charge in [0.15, 0.2) is 0 Å². The Morgan fingerprint density at radius 1 is 1.03 bits per heavy atom. The Morgan fingerprint density at radius 2 is 1.85 bits per heavy atom. The molecule has 0 saturated carbocycles. The van der Waals surface area contributed by atoms with Crippen LogP contribution in [0.2, 0.25) is 0 Å². The van der Waals surface area contributed by atoms with E-state index in [0.717, 1.165) is 18.2 Å². The highest BCUT2D eigenvalue weighted by molar-refractivity contribution is 5.94. The smallest absolute Gasteiger partial charge is 0.416 e. The molecule has 0 saturated heterocycles. The Kier molecular flexibility index (Phi) is 6.25. The summed E-state index contributed by atoms with van der Waals surface area (Å²) in [6.45, 7) is 0.247. The number of hydrogen-bond acceptors (Lipinski definition) is 5. The van der Waals surface area contributed by atoms with Crippen molar-refractivity contribution < 1.29 is 31.3 Å². The lowest BCUT2D eigenvalue weighted by Crippen LogP contribution is -2.32. The van der Waals surface area contributed by atoms with E-state index in [1.807, 2.05) is 0 Å². The Balaban J connectivity index is 1.50. The molecule has 4 rings (SSSR count). The van der Waals surface area contributed by atoms with Gasteiger partial charge in [0, 0.05) is 24.1 Å². The van der Waals surface area contributed by atoms with Gasteiger partial charge < -0.3 is 13.8 Å². The molecule has 0 aliphatic rings. The van der Waals surface area contributed by atoms with E-state index in [4.69, 9.17) is 8.94 Å². The molecule has 6 nitrogen and oxygen atoms in total. The number of nitrogens with zero attached hydrogens (tertiary/aromatic N) is 3. The quantitative estimate of drug-likeness (QED) is 0.348. The lowest BCUT2D eigenvalue weighted by Gasteiger charge is -2.21. The number of furan rings is 1. The summed E-state index contributed by atoms with van der Waals surface area (Å²) in [5, 5.41) is 3.75. The van der Waals surface area contributed by atoms with Gasteiger partial charge in [-0.2, -0.15) is 18.2 Å². The summed E-state index contributed by atoms with van der Waals surface area (Å²) >= 11 is 0. The normalized spacial score (nSPS) is 11.5. The lowest BCUT2D eigenvalue weighted by atomic mass is 10.1. The number of benzene rings is 2. The summed E-state index contributed by atoms with van der Waals surface area (Å²) in [4.78, 5) is 18.5. The van der Waals surface area contributed by atoms with Crippen LogP contribution in [0.1, 0.15) is 27.6 Å². The molecule has 0 fully saturated rings. The van der Waals surface area contributed by atoms with Crippen LogP contribution >= 0.6 is 0 Å². The second-order valence-electron chi connectivity index (χ2n) is 7.16. The summed E-state index contributed by atoms with van der Waals surface area (Å²) < 4.78 is 63.0. The molecule has 1 amide bonds. The topological polar surface area (TPSA) is 72.4 Å². The molecule has 0 aliphatic carbocycles. The van der Waals surface area contributed by atoms with Crippen molar-refractivity contribution in [3.63, 3.8) is 0 Å². The van der Waals surface area contributed by atoms with Crippen LogP contribution in [0, 0.1) is 5.82 Å². The summed E-state index contributed by atoms with van der Waals surface area (Å²) in [7, 11) is 0. The minimum absolute atomic E-state index is 0.00476. The highest BCUT2D eigenvalue weighted by Gasteiger charge is 2.30. The molecule has 0 N–H and O–H groups in total. The van der Waals surface area contributed by atoms with E-state index in [0.29, 0.717) is 5.76 Å². The van der Waals surface area contributed by atoms with Crippen LogP contribution in [0.3, 0.4) is 0 Å². The first kappa shape index (κ1) is 22.3. The van der Waals surface area contributed by atoms with E-state index in [1.165, 1.54) is 41.5 Å². The Morgan fingerprint density at radius 3 is 2.58 bits per heavy atom. The first-order chi connectivity index (χ1) is 15.8. The maximum Gasteiger partial charge on any atom is 0.416 e. The first-order valence-corrected chi connectivity index (χ1v) is 9.87. The Bertz CT molecular complexity index is 1240. The number of aromatic nitrogens is 2. The van der Waals surface area contributed by atoms with Gasteiger partial charge in [-0.25, -0.2) is 4.39 Å². The zero-order valence-electron chi connectivity index (χ0n) is 17.1. The van der Waals surface area contributed by atoms with Gasteiger partial charge in [-0.05, 0) is 42.5 Å². The van der Waals surface area contributed by atoms with Crippen LogP contribution < -0.4 is 0 Å². The second kappa shape index (κ2) is 9.27. The fourth-order valence-electron chi connectivity index (χ4n) is 3.19. The van der Waals surface area contributed by atoms with Gasteiger partial charge in [-0.3, -0.25) is 4.79 Å². The third-order valence-corrected chi connectivity index (χ3v) is 4.80. The molecule has 0 radical (unpaired) electrons. The van der Waals surface area contributed by atoms with E-state index in [-0.39, 0.29) is 42.4 Å². The molecule has 0 bridgehead atoms. The van der Waals surface area contributed by atoms with E-state index >= 15 is 0 Å². The molecule has 10 heteroatoms. The van der Waals surface area contributed by atoms with Crippen molar-refractivity contribution in [3.8, 4) is 11.4 Å². The molecule has 0 unspecified atom stereocenters. The van der Waals surface area contributed by atoms with Gasteiger partial charge in [-0.15, -0.1) is 0 Å². The number of rotatable bonds is 7. The molecule has 33 heavy (non-hydrogen) atoms. The number of hydrogen-bond donors (Lipinski definition) is 0. The molecular weight excluding hydrogens is 442 g/mol. The third-order valence-electron chi connectivity index (χ3n) is 4.80. The maximum absolute atomic E-state index is 13.6. The number of halogens is 4. The lowest BCUT2D eigenvalue weighted by molar-refractivity contribution is -0.137. The van der Waals surface area contributed by atoms with Crippen LogP contribution in [0.15, 0.2) is 75.9 Å². The van der Waals surface area contributed by atoms with Crippen molar-refractivity contribution in [1.29, 1.82) is 0 Å². The minimum atomic E-state index is -4.49. The summed E-state index contributed by atoms with van der Waals surface area (Å²) in [6, 6.07) is 13.3. The highest BCUT2D eigenvalue weighted by Crippen LogP contribution is 2.31. The molecular formula is C23H17F4N3O3. The molecule has 2 aromatic carbocycles. The van der Waals surface area contributed by atoms with E-state index < -0.39 is 23.5 Å². The molecule has 4 aromatic rings. The van der Waals surface area contributed by atoms with Gasteiger partial charge >= 0.3 is 6.18 Å². The van der Waals surface area contributed by atoms with Crippen LogP contribution in [0.4, 0.5) is 17.6 Å². The van der Waals surface area contributed by atoms with Crippen molar-refractivity contribution in [3.05, 3.63) is 95.5 Å². The van der Waals surface area contributed by atoms with Crippen LogP contribution in [0.25, 0.3) is 11.4 Å². The van der Waals surface area contributed by atoms with Gasteiger partial charge in [-0.1, -0.05) is 23.4 Å². The average Bonchev–Trinajstić information content (AvgIpc) is 3.48. The largest absolute Gasteiger partial charge is 0.467 e. The fourth-order valence-corrected chi connectivity index (χ4v) is 3.19. The van der Waals surface area contributed by atoms with Gasteiger partial charge in [0.2, 0.25) is 11.7 Å². The Hall–Kier alpha value is -3.95. The predicted octanol–water partition coefficient (Wildman–Crippen LogP) is 5.37. The molecule has 2 heterocycles. The predicted molar refractivity (Wildman–Crippen MR) is 108 cm³/mol. The second-order valence-corrected chi connectivity index (χ2v) is 7.16. The Labute approximate surface area is 185 Å². The van der Waals surface area contributed by atoms with E-state index in [2.05, 4.69) is 10.1 Å². The third kappa shape index (κ3) is 5.46. The fraction of sp³-hybridized carbons (Fsp3) is 0.174. The molecule has 2 aromatic heterocycles. The van der Waals surface area contributed by atoms with Crippen LogP contribution in [0.5, 0.6) is 0 Å². The SMILES string of the molecule is O=C(c1cccc(F)c1)N(CCc1nc(-c2cccc(C(F)(F)F)c2)no1)Cc1ccco1. The van der Waals surface area contributed by atoms with Gasteiger partial charge in [0.25, 0.3) is 5.91 Å². The van der Waals surface area contributed by atoms with Gasteiger partial charge in [0.05, 0.1) is 18.4 Å². The molecule has 0 spiro atoms. The van der Waals surface area contributed by atoms with E-state index in [9.17, 15) is 22.4 Å². The number of alkyl halides is 3. The summed E-state index contributed by atoms with van der Waals surface area (Å²) in [6.07, 6.45) is -2.89. The first-order valence-electron chi connectivity index (χ1n) is 9.87. The monoisotopic (exact) mass is 459 g/mol. The standard InChI is InChI=1S/C23H17F4N3O3/c24-18-7-2-5-16(13-18)22(31)30(14-19-8-3-11-32-19)10-9-20-28-21(29-33-20)15-4-1-6-17(12-15)23(25,26)27/h1-8,11-13H,9-10,14H2. The zero-order valence-corrected chi connectivity index (χ0v) is 17.1. The minimum Gasteiger partial charge on any atom is -0.467 e.